The van der Waals surface area contributed by atoms with Crippen LogP contribution in [-0.2, 0) is 17.9 Å². The van der Waals surface area contributed by atoms with E-state index in [1.54, 1.807) is 0 Å². The third-order valence-electron chi connectivity index (χ3n) is 6.91. The maximum atomic E-state index is 12.4. The average Bonchev–Trinajstić information content (AvgIpc) is 2.76. The minimum atomic E-state index is 0. The van der Waals surface area contributed by atoms with Gasteiger partial charge in [0.2, 0.25) is 5.91 Å². The van der Waals surface area contributed by atoms with Crippen molar-refractivity contribution in [2.45, 2.75) is 58.7 Å². The number of pyridine rings is 1. The number of amides is 1. The van der Waals surface area contributed by atoms with Crippen LogP contribution in [0.4, 0.5) is 0 Å². The second-order valence-corrected chi connectivity index (χ2v) is 9.53. The lowest BCUT2D eigenvalue weighted by atomic mass is 9.79. The number of nitrogens with one attached hydrogen (secondary N) is 2. The fraction of sp³-hybridized carbons (Fsp3) is 0.538. The zero-order chi connectivity index (χ0) is 21.6. The molecule has 5 nitrogen and oxygen atoms in total. The molecular formula is C26H37ClN4O. The Balaban J connectivity index is 0.00000289. The summed E-state index contributed by atoms with van der Waals surface area (Å²) >= 11 is 0. The molecule has 2 bridgehead atoms. The van der Waals surface area contributed by atoms with Gasteiger partial charge in [-0.25, -0.2) is 0 Å². The zero-order valence-electron chi connectivity index (χ0n) is 19.3. The van der Waals surface area contributed by atoms with Crippen molar-refractivity contribution in [2.24, 2.45) is 11.8 Å². The number of hydrogen-bond acceptors (Lipinski definition) is 4. The lowest BCUT2D eigenvalue weighted by molar-refractivity contribution is -0.121. The number of halogens is 1. The van der Waals surface area contributed by atoms with Crippen molar-refractivity contribution in [1.82, 2.24) is 20.5 Å². The van der Waals surface area contributed by atoms with E-state index < -0.39 is 0 Å². The fourth-order valence-electron chi connectivity index (χ4n) is 5.24. The Morgan fingerprint density at radius 1 is 1.25 bits per heavy atom. The number of piperidine rings is 2. The summed E-state index contributed by atoms with van der Waals surface area (Å²) in [6.45, 7) is 9.23. The van der Waals surface area contributed by atoms with Crippen LogP contribution in [0.25, 0.3) is 0 Å². The summed E-state index contributed by atoms with van der Waals surface area (Å²) in [4.78, 5) is 19.2. The molecule has 32 heavy (non-hydrogen) atoms. The molecule has 2 saturated heterocycles. The van der Waals surface area contributed by atoms with E-state index in [-0.39, 0.29) is 18.3 Å². The molecule has 2 aliphatic heterocycles. The fourth-order valence-corrected chi connectivity index (χ4v) is 5.24. The first-order chi connectivity index (χ1) is 15.1. The van der Waals surface area contributed by atoms with Crippen LogP contribution in [0, 0.1) is 25.7 Å². The lowest BCUT2D eigenvalue weighted by Gasteiger charge is -2.46. The monoisotopic (exact) mass is 456 g/mol. The van der Waals surface area contributed by atoms with E-state index in [4.69, 9.17) is 0 Å². The van der Waals surface area contributed by atoms with Crippen molar-refractivity contribution < 1.29 is 4.79 Å². The zero-order valence-corrected chi connectivity index (χ0v) is 20.2. The summed E-state index contributed by atoms with van der Waals surface area (Å²) in [5.74, 6) is 1.59. The maximum absolute atomic E-state index is 12.4. The van der Waals surface area contributed by atoms with Crippen molar-refractivity contribution in [3.05, 3.63) is 65.0 Å². The molecule has 3 atom stereocenters. The molecule has 174 valence electrons. The summed E-state index contributed by atoms with van der Waals surface area (Å²) in [6, 6.07) is 11.1. The van der Waals surface area contributed by atoms with Crippen LogP contribution >= 0.6 is 12.4 Å². The van der Waals surface area contributed by atoms with Crippen LogP contribution in [0.3, 0.4) is 0 Å². The quantitative estimate of drug-likeness (QED) is 0.630. The normalized spacial score (nSPS) is 22.8. The predicted octanol–water partition coefficient (Wildman–Crippen LogP) is 4.02. The Hall–Kier alpha value is -1.95. The first-order valence-electron chi connectivity index (χ1n) is 11.7. The molecule has 0 spiro atoms. The lowest BCUT2D eigenvalue weighted by Crippen LogP contribution is -2.55. The van der Waals surface area contributed by atoms with Gasteiger partial charge >= 0.3 is 0 Å². The molecular weight excluding hydrogens is 420 g/mol. The average molecular weight is 457 g/mol. The third kappa shape index (κ3) is 6.77. The molecule has 0 aliphatic carbocycles. The van der Waals surface area contributed by atoms with Gasteiger partial charge in [-0.3, -0.25) is 14.7 Å². The molecule has 0 radical (unpaired) electrons. The molecule has 2 fully saturated rings. The van der Waals surface area contributed by atoms with Crippen LogP contribution in [-0.4, -0.2) is 41.5 Å². The van der Waals surface area contributed by atoms with E-state index in [1.807, 2.05) is 18.5 Å². The molecule has 0 saturated carbocycles. The van der Waals surface area contributed by atoms with Crippen LogP contribution in [0.15, 0.2) is 42.7 Å². The SMILES string of the molecule is Cc1ccc(C)c(CNC(=O)CCC[C@H]2NCC3CC2CN(Cc2cccnc2)C3)c1.Cl. The highest BCUT2D eigenvalue weighted by Crippen LogP contribution is 2.31. The number of carbonyl (C=O) groups excluding carboxylic acids is 1. The van der Waals surface area contributed by atoms with Gasteiger partial charge in [-0.1, -0.05) is 29.8 Å². The number of benzene rings is 1. The van der Waals surface area contributed by atoms with E-state index in [2.05, 4.69) is 58.6 Å². The molecule has 2 N–H and O–H groups in total. The highest BCUT2D eigenvalue weighted by atomic mass is 35.5. The molecule has 2 unspecified atom stereocenters. The van der Waals surface area contributed by atoms with E-state index in [1.165, 1.54) is 35.2 Å². The number of aromatic nitrogens is 1. The molecule has 4 rings (SSSR count). The summed E-state index contributed by atoms with van der Waals surface area (Å²) < 4.78 is 0. The van der Waals surface area contributed by atoms with Gasteiger partial charge in [-0.2, -0.15) is 0 Å². The Morgan fingerprint density at radius 2 is 2.12 bits per heavy atom. The first kappa shape index (κ1) is 24.7. The van der Waals surface area contributed by atoms with Gasteiger partial charge in [0.05, 0.1) is 0 Å². The first-order valence-corrected chi connectivity index (χ1v) is 11.7. The van der Waals surface area contributed by atoms with Gasteiger partial charge in [0.15, 0.2) is 0 Å². The summed E-state index contributed by atoms with van der Waals surface area (Å²) in [6.07, 6.45) is 7.78. The minimum absolute atomic E-state index is 0. The molecule has 1 aromatic carbocycles. The molecule has 2 aliphatic rings. The van der Waals surface area contributed by atoms with E-state index in [0.717, 1.165) is 38.4 Å². The van der Waals surface area contributed by atoms with Crippen LogP contribution in [0.1, 0.15) is 47.9 Å². The Kier molecular flexibility index (Phi) is 9.09. The van der Waals surface area contributed by atoms with Crippen LogP contribution in [0.2, 0.25) is 0 Å². The van der Waals surface area contributed by atoms with Crippen molar-refractivity contribution in [2.75, 3.05) is 19.6 Å². The van der Waals surface area contributed by atoms with Crippen LogP contribution in [0.5, 0.6) is 0 Å². The number of fused-ring (bicyclic) bond motifs is 2. The Bertz CT molecular complexity index is 875. The molecule has 1 amide bonds. The summed E-state index contributed by atoms with van der Waals surface area (Å²) in [7, 11) is 0. The van der Waals surface area contributed by atoms with Gasteiger partial charge in [0, 0.05) is 51.0 Å². The smallest absolute Gasteiger partial charge is 0.220 e. The number of nitrogens with zero attached hydrogens (tertiary/aromatic N) is 2. The van der Waals surface area contributed by atoms with Gasteiger partial charge in [-0.05, 0) is 74.2 Å². The Morgan fingerprint density at radius 3 is 2.94 bits per heavy atom. The Labute approximate surface area is 198 Å². The summed E-state index contributed by atoms with van der Waals surface area (Å²) in [5, 5.41) is 6.89. The molecule has 1 aromatic heterocycles. The number of aryl methyl sites for hydroxylation is 2. The maximum Gasteiger partial charge on any atom is 0.220 e. The van der Waals surface area contributed by atoms with E-state index >= 15 is 0 Å². The second kappa shape index (κ2) is 11.8. The van der Waals surface area contributed by atoms with Crippen molar-refractivity contribution in [3.63, 3.8) is 0 Å². The van der Waals surface area contributed by atoms with Crippen molar-refractivity contribution in [1.29, 1.82) is 0 Å². The topological polar surface area (TPSA) is 57.3 Å². The number of hydrogen-bond donors (Lipinski definition) is 2. The van der Waals surface area contributed by atoms with Gasteiger partial charge < -0.3 is 10.6 Å². The van der Waals surface area contributed by atoms with Crippen molar-refractivity contribution >= 4 is 18.3 Å². The van der Waals surface area contributed by atoms with Crippen LogP contribution < -0.4 is 10.6 Å². The number of likely N-dealkylation sites (tertiary alicyclic amines) is 1. The third-order valence-corrected chi connectivity index (χ3v) is 6.91. The largest absolute Gasteiger partial charge is 0.352 e. The highest BCUT2D eigenvalue weighted by molar-refractivity contribution is 5.85. The highest BCUT2D eigenvalue weighted by Gasteiger charge is 2.36. The number of rotatable bonds is 8. The molecule has 2 aromatic rings. The predicted molar refractivity (Wildman–Crippen MR) is 132 cm³/mol. The van der Waals surface area contributed by atoms with E-state index in [0.29, 0.717) is 24.9 Å². The van der Waals surface area contributed by atoms with Gasteiger partial charge in [-0.15, -0.1) is 12.4 Å². The number of carbonyl (C=O) groups is 1. The molecule has 6 heteroatoms. The van der Waals surface area contributed by atoms with Gasteiger partial charge in [0.1, 0.15) is 0 Å². The summed E-state index contributed by atoms with van der Waals surface area (Å²) in [5.41, 5.74) is 4.98. The second-order valence-electron chi connectivity index (χ2n) is 9.53. The van der Waals surface area contributed by atoms with Crippen molar-refractivity contribution in [3.8, 4) is 0 Å². The van der Waals surface area contributed by atoms with Gasteiger partial charge in [0.25, 0.3) is 0 Å². The minimum Gasteiger partial charge on any atom is -0.352 e. The van der Waals surface area contributed by atoms with E-state index in [9.17, 15) is 4.79 Å². The molecule has 3 heterocycles. The standard InChI is InChI=1S/C26H36N4O.ClH/c1-19-8-9-20(2)23(11-19)15-29-26(31)7-3-6-25-24-12-22(14-28-25)17-30(18-24)16-21-5-4-10-27-13-21;/h4-5,8-11,13,22,24-25,28H,3,6-7,12,14-18H2,1-2H3,(H,29,31);1H/t22?,24?,25-;/m1./s1.